The highest BCUT2D eigenvalue weighted by Gasteiger charge is 2.56. The molecule has 0 unspecified atom stereocenters. The first kappa shape index (κ1) is 30.2. The van der Waals surface area contributed by atoms with E-state index in [2.05, 4.69) is 25.6 Å². The maximum atomic E-state index is 14.6. The highest BCUT2D eigenvalue weighted by molar-refractivity contribution is 5.97. The lowest BCUT2D eigenvalue weighted by Gasteiger charge is -2.31. The van der Waals surface area contributed by atoms with Gasteiger partial charge in [-0.3, -0.25) is 4.79 Å². The summed E-state index contributed by atoms with van der Waals surface area (Å²) >= 11 is 0. The first-order chi connectivity index (χ1) is 20.5. The molecule has 9 nitrogen and oxygen atoms in total. The quantitative estimate of drug-likeness (QED) is 0.122. The number of aromatic nitrogens is 3. The minimum atomic E-state index is -5.25. The maximum absolute atomic E-state index is 14.6. The van der Waals surface area contributed by atoms with Crippen LogP contribution in [0.5, 0.6) is 5.75 Å². The molecule has 5 rings (SSSR count). The molecule has 13 heteroatoms. The molecule has 228 valence electrons. The number of halogens is 4. The van der Waals surface area contributed by atoms with Crippen LogP contribution in [0, 0.1) is 11.7 Å². The van der Waals surface area contributed by atoms with Crippen molar-refractivity contribution in [2.45, 2.75) is 38.0 Å². The van der Waals surface area contributed by atoms with Crippen molar-refractivity contribution < 1.29 is 32.2 Å². The van der Waals surface area contributed by atoms with Crippen LogP contribution in [0.1, 0.15) is 41.4 Å². The van der Waals surface area contributed by atoms with Gasteiger partial charge in [-0.05, 0) is 99.3 Å². The lowest BCUT2D eigenvalue weighted by molar-refractivity contribution is -0.265. The highest BCUT2D eigenvalue weighted by atomic mass is 19.4. The molecule has 2 heterocycles. The fourth-order valence-electron chi connectivity index (χ4n) is 4.76. The standard InChI is InChI=1S/C30H31F4N5O4/c1-2-43-26-19(11-12-35-15-17-3-4-17)14-24(39-25(26)18-5-8-21(31)9-6-18)29(42,30(32,33)34)16-36-27(40)20-7-10-22-23(13-20)38-28(41)37-22/h5-10,13-14,17,35,42H,2-4,11-12,15-16H2,1H3,(H,36,40)(H2,37,38,41)/t29-/m0/s1. The number of aliphatic hydroxyl groups is 1. The van der Waals surface area contributed by atoms with E-state index in [-0.39, 0.29) is 30.0 Å². The number of imidazole rings is 1. The first-order valence-electron chi connectivity index (χ1n) is 13.9. The van der Waals surface area contributed by atoms with E-state index < -0.39 is 41.4 Å². The van der Waals surface area contributed by atoms with Crippen molar-refractivity contribution in [1.82, 2.24) is 25.6 Å². The van der Waals surface area contributed by atoms with Crippen LogP contribution in [-0.2, 0) is 12.0 Å². The number of benzene rings is 2. The number of carbonyl (C=O) groups is 1. The largest absolute Gasteiger partial charge is 0.491 e. The summed E-state index contributed by atoms with van der Waals surface area (Å²) < 4.78 is 63.5. The van der Waals surface area contributed by atoms with Crippen LogP contribution in [-0.4, -0.2) is 58.4 Å². The van der Waals surface area contributed by atoms with Crippen LogP contribution < -0.4 is 21.1 Å². The summed E-state index contributed by atoms with van der Waals surface area (Å²) in [5, 5.41) is 16.7. The molecule has 1 fully saturated rings. The molecule has 43 heavy (non-hydrogen) atoms. The Labute approximate surface area is 243 Å². The Morgan fingerprint density at radius 3 is 2.49 bits per heavy atom. The molecule has 1 atom stereocenters. The SMILES string of the molecule is CCOc1c(CCNCC2CC2)cc([C@@](O)(CNC(=O)c2ccc3[nH]c(=O)[nH]c3c2)C(F)(F)F)nc1-c1ccc(F)cc1. The maximum Gasteiger partial charge on any atom is 0.424 e. The number of nitrogens with zero attached hydrogens (tertiary/aromatic N) is 1. The fraction of sp³-hybridized carbons (Fsp3) is 0.367. The molecule has 0 saturated heterocycles. The molecule has 0 bridgehead atoms. The number of pyridine rings is 1. The van der Waals surface area contributed by atoms with E-state index in [0.29, 0.717) is 34.6 Å². The highest BCUT2D eigenvalue weighted by Crippen LogP contribution is 2.42. The smallest absolute Gasteiger partial charge is 0.424 e. The van der Waals surface area contributed by atoms with Gasteiger partial charge in [0.25, 0.3) is 5.91 Å². The zero-order valence-corrected chi connectivity index (χ0v) is 23.3. The van der Waals surface area contributed by atoms with Crippen molar-refractivity contribution in [3.63, 3.8) is 0 Å². The van der Waals surface area contributed by atoms with Crippen molar-refractivity contribution in [2.24, 2.45) is 5.92 Å². The van der Waals surface area contributed by atoms with Crippen LogP contribution >= 0.6 is 0 Å². The van der Waals surface area contributed by atoms with Gasteiger partial charge in [0, 0.05) is 11.1 Å². The van der Waals surface area contributed by atoms with Gasteiger partial charge in [-0.15, -0.1) is 0 Å². The second-order valence-corrected chi connectivity index (χ2v) is 10.6. The van der Waals surface area contributed by atoms with Gasteiger partial charge in [-0.2, -0.15) is 13.2 Å². The summed E-state index contributed by atoms with van der Waals surface area (Å²) in [5.74, 6) is -0.626. The summed E-state index contributed by atoms with van der Waals surface area (Å²) in [6, 6.07) is 10.3. The van der Waals surface area contributed by atoms with Gasteiger partial charge < -0.3 is 30.4 Å². The molecule has 2 aromatic carbocycles. The molecule has 0 aliphatic heterocycles. The second kappa shape index (κ2) is 12.2. The first-order valence-corrected chi connectivity index (χ1v) is 13.9. The third kappa shape index (κ3) is 6.73. The molecule has 0 spiro atoms. The molecule has 1 aliphatic carbocycles. The Morgan fingerprint density at radius 1 is 1.09 bits per heavy atom. The lowest BCUT2D eigenvalue weighted by atomic mass is 9.93. The van der Waals surface area contributed by atoms with E-state index in [9.17, 15) is 32.3 Å². The minimum absolute atomic E-state index is 0.00686. The molecule has 0 radical (unpaired) electrons. The Balaban J connectivity index is 1.51. The van der Waals surface area contributed by atoms with E-state index in [1.54, 1.807) is 6.92 Å². The number of amides is 1. The number of hydrogen-bond donors (Lipinski definition) is 5. The van der Waals surface area contributed by atoms with Gasteiger partial charge in [0.2, 0.25) is 5.60 Å². The molecule has 2 aromatic heterocycles. The average Bonchev–Trinajstić information content (AvgIpc) is 3.72. The third-order valence-corrected chi connectivity index (χ3v) is 7.33. The zero-order valence-electron chi connectivity index (χ0n) is 23.3. The molecular formula is C30H31F4N5O4. The number of hydrogen-bond acceptors (Lipinski definition) is 6. The predicted molar refractivity (Wildman–Crippen MR) is 151 cm³/mol. The van der Waals surface area contributed by atoms with E-state index in [1.165, 1.54) is 30.3 Å². The van der Waals surface area contributed by atoms with Crippen molar-refractivity contribution in [1.29, 1.82) is 0 Å². The summed E-state index contributed by atoms with van der Waals surface area (Å²) in [6.07, 6.45) is -2.72. The fourth-order valence-corrected chi connectivity index (χ4v) is 4.76. The Kier molecular flexibility index (Phi) is 8.56. The van der Waals surface area contributed by atoms with Gasteiger partial charge in [-0.1, -0.05) is 0 Å². The van der Waals surface area contributed by atoms with Crippen LogP contribution in [0.15, 0.2) is 53.3 Å². The molecule has 5 N–H and O–H groups in total. The van der Waals surface area contributed by atoms with Crippen molar-refractivity contribution >= 4 is 16.9 Å². The minimum Gasteiger partial charge on any atom is -0.491 e. The van der Waals surface area contributed by atoms with Gasteiger partial charge in [0.1, 0.15) is 17.3 Å². The van der Waals surface area contributed by atoms with Crippen LogP contribution in [0.4, 0.5) is 17.6 Å². The number of nitrogens with one attached hydrogen (secondary N) is 4. The normalized spacial score (nSPS) is 14.9. The Hall–Kier alpha value is -4.23. The number of fused-ring (bicyclic) bond motifs is 1. The van der Waals surface area contributed by atoms with Gasteiger partial charge in [-0.25, -0.2) is 14.2 Å². The van der Waals surface area contributed by atoms with E-state index in [4.69, 9.17) is 4.74 Å². The summed E-state index contributed by atoms with van der Waals surface area (Å²) in [6.45, 7) is 1.88. The van der Waals surface area contributed by atoms with E-state index in [0.717, 1.165) is 37.6 Å². The number of carbonyl (C=O) groups excluding carboxylic acids is 1. The average molecular weight is 602 g/mol. The summed E-state index contributed by atoms with van der Waals surface area (Å²) in [5.41, 5.74) is -3.49. The van der Waals surface area contributed by atoms with Crippen LogP contribution in [0.3, 0.4) is 0 Å². The van der Waals surface area contributed by atoms with Crippen molar-refractivity contribution in [2.75, 3.05) is 26.2 Å². The van der Waals surface area contributed by atoms with Crippen LogP contribution in [0.25, 0.3) is 22.3 Å². The monoisotopic (exact) mass is 601 g/mol. The van der Waals surface area contributed by atoms with Gasteiger partial charge in [0.15, 0.2) is 0 Å². The molecule has 1 amide bonds. The van der Waals surface area contributed by atoms with Gasteiger partial charge in [0.05, 0.1) is 29.9 Å². The van der Waals surface area contributed by atoms with Gasteiger partial charge >= 0.3 is 11.9 Å². The summed E-state index contributed by atoms with van der Waals surface area (Å²) in [7, 11) is 0. The van der Waals surface area contributed by atoms with Crippen molar-refractivity contribution in [3.05, 3.63) is 81.7 Å². The predicted octanol–water partition coefficient (Wildman–Crippen LogP) is 4.18. The Morgan fingerprint density at radius 2 is 1.81 bits per heavy atom. The lowest BCUT2D eigenvalue weighted by Crippen LogP contribution is -2.51. The molecular weight excluding hydrogens is 570 g/mol. The number of rotatable bonds is 12. The van der Waals surface area contributed by atoms with Crippen LogP contribution in [0.2, 0.25) is 0 Å². The zero-order chi connectivity index (χ0) is 30.8. The molecule has 1 aliphatic rings. The third-order valence-electron chi connectivity index (χ3n) is 7.33. The molecule has 4 aromatic rings. The van der Waals surface area contributed by atoms with E-state index in [1.807, 2.05) is 0 Å². The second-order valence-electron chi connectivity index (χ2n) is 10.6. The number of ether oxygens (including phenoxy) is 1. The topological polar surface area (TPSA) is 132 Å². The number of H-pyrrole nitrogens is 2. The van der Waals surface area contributed by atoms with Crippen molar-refractivity contribution in [3.8, 4) is 17.0 Å². The summed E-state index contributed by atoms with van der Waals surface area (Å²) in [4.78, 5) is 33.6. The Bertz CT molecular complexity index is 1660. The van der Waals surface area contributed by atoms with E-state index >= 15 is 0 Å². The number of aromatic amines is 2. The number of alkyl halides is 3. The molecule has 1 saturated carbocycles.